The predicted molar refractivity (Wildman–Crippen MR) is 87.5 cm³/mol. The predicted octanol–water partition coefficient (Wildman–Crippen LogP) is 2.75. The van der Waals surface area contributed by atoms with Gasteiger partial charge in [0.25, 0.3) is 0 Å². The Labute approximate surface area is 121 Å². The summed E-state index contributed by atoms with van der Waals surface area (Å²) in [6.45, 7) is 1.82. The molecular formula is C17H18O2Si. The zero-order valence-corrected chi connectivity index (χ0v) is 13.8. The van der Waals surface area contributed by atoms with Crippen LogP contribution in [0.2, 0.25) is 0 Å². The maximum atomic E-state index is 10.2. The van der Waals surface area contributed by atoms with Gasteiger partial charge in [-0.25, -0.2) is 0 Å². The molecule has 0 saturated heterocycles. The van der Waals surface area contributed by atoms with Gasteiger partial charge in [0.2, 0.25) is 0 Å². The van der Waals surface area contributed by atoms with Crippen molar-refractivity contribution in [2.45, 2.75) is 13.0 Å². The molecule has 0 spiro atoms. The zero-order chi connectivity index (χ0) is 14.1. The van der Waals surface area contributed by atoms with Crippen LogP contribution in [0, 0.1) is 0 Å². The number of ether oxygens (including phenoxy) is 1. The largest absolute Gasteiger partial charge is 0.497 e. The fourth-order valence-electron chi connectivity index (χ4n) is 2.87. The first-order chi connectivity index (χ1) is 9.74. The molecule has 0 amide bonds. The summed E-state index contributed by atoms with van der Waals surface area (Å²) in [7, 11) is 0.999. The van der Waals surface area contributed by atoms with Crippen LogP contribution in [0.15, 0.2) is 48.5 Å². The molecular weight excluding hydrogens is 264 g/mol. The number of aliphatic hydroxyl groups excluding tert-OH is 1. The molecule has 0 saturated carbocycles. The third kappa shape index (κ3) is 1.99. The van der Waals surface area contributed by atoms with Gasteiger partial charge < -0.3 is 9.84 Å². The highest BCUT2D eigenvalue weighted by molar-refractivity contribution is 6.11. The summed E-state index contributed by atoms with van der Waals surface area (Å²) >= 11 is 0. The van der Waals surface area contributed by atoms with E-state index in [1.807, 2.05) is 31.2 Å². The lowest BCUT2D eigenvalue weighted by Crippen LogP contribution is -2.01. The number of hydrogen-bond donors (Lipinski definition) is 1. The van der Waals surface area contributed by atoms with Crippen molar-refractivity contribution in [1.82, 2.24) is 0 Å². The average molecular weight is 282 g/mol. The second-order valence-corrected chi connectivity index (χ2v) is 5.52. The highest BCUT2D eigenvalue weighted by atomic mass is 28.1. The molecule has 0 heterocycles. The summed E-state index contributed by atoms with van der Waals surface area (Å²) in [5.74, 6) is 0.940. The molecule has 0 radical (unpaired) electrons. The van der Waals surface area contributed by atoms with Crippen LogP contribution in [0.4, 0.5) is 0 Å². The van der Waals surface area contributed by atoms with Crippen LogP contribution in [0.1, 0.15) is 18.6 Å². The minimum Gasteiger partial charge on any atom is -0.497 e. The van der Waals surface area contributed by atoms with E-state index in [9.17, 15) is 5.11 Å². The Morgan fingerprint density at radius 2 is 1.40 bits per heavy atom. The van der Waals surface area contributed by atoms with Crippen molar-refractivity contribution in [2.75, 3.05) is 6.23 Å². The van der Waals surface area contributed by atoms with Gasteiger partial charge in [0.15, 0.2) is 0 Å². The van der Waals surface area contributed by atoms with Gasteiger partial charge in [-0.05, 0) is 23.3 Å². The molecule has 0 fully saturated rings. The first kappa shape index (κ1) is 13.2. The van der Waals surface area contributed by atoms with E-state index in [2.05, 4.69) is 24.3 Å². The minimum atomic E-state index is -0.505. The number of hydrogen-bond acceptors (Lipinski definition) is 2. The average Bonchev–Trinajstić information content (AvgIpc) is 2.47. The Morgan fingerprint density at radius 3 is 1.80 bits per heavy atom. The molecule has 3 heteroatoms. The molecule has 0 bridgehead atoms. The first-order valence-corrected chi connectivity index (χ1v) is 8.39. The van der Waals surface area contributed by atoms with E-state index >= 15 is 0 Å². The molecule has 0 aliphatic carbocycles. The number of fused-ring (bicyclic) bond motifs is 2. The van der Waals surface area contributed by atoms with Crippen molar-refractivity contribution in [1.29, 1.82) is 0 Å². The molecule has 102 valence electrons. The second kappa shape index (κ2) is 5.27. The van der Waals surface area contributed by atoms with Gasteiger partial charge in [-0.2, -0.15) is 0 Å². The minimum absolute atomic E-state index is 0.505. The number of benzene rings is 3. The Hall–Kier alpha value is -1.84. The van der Waals surface area contributed by atoms with Crippen LogP contribution < -0.4 is 4.74 Å². The topological polar surface area (TPSA) is 29.5 Å². The molecule has 1 atom stereocenters. The highest BCUT2D eigenvalue weighted by Gasteiger charge is 2.16. The van der Waals surface area contributed by atoms with E-state index in [0.29, 0.717) is 0 Å². The monoisotopic (exact) mass is 282 g/mol. The Kier molecular flexibility index (Phi) is 3.47. The zero-order valence-electron chi connectivity index (χ0n) is 11.8. The molecule has 1 N–H and O–H groups in total. The van der Waals surface area contributed by atoms with Gasteiger partial charge in [0.05, 0.1) is 22.6 Å². The van der Waals surface area contributed by atoms with Crippen LogP contribution in [0.25, 0.3) is 21.5 Å². The van der Waals surface area contributed by atoms with Gasteiger partial charge in [-0.3, -0.25) is 0 Å². The Bertz CT molecular complexity index is 708. The molecule has 20 heavy (non-hydrogen) atoms. The molecule has 0 aromatic heterocycles. The fourth-order valence-corrected chi connectivity index (χ4v) is 3.16. The highest BCUT2D eigenvalue weighted by Crippen LogP contribution is 2.40. The SMILES string of the molecule is CC(O)c1c2ccccc2c(OC[SiH3])c2ccccc12. The van der Waals surface area contributed by atoms with Gasteiger partial charge in [-0.15, -0.1) is 0 Å². The van der Waals surface area contributed by atoms with Gasteiger partial charge in [0, 0.05) is 10.8 Å². The standard InChI is InChI=1S/C17H18O2Si/c1-11(18)16-12-6-2-4-8-14(12)17(19-10-20)15-9-5-3-7-13(15)16/h2-9,11,18H,10H2,1,20H3. The smallest absolute Gasteiger partial charge is 0.134 e. The van der Waals surface area contributed by atoms with Crippen molar-refractivity contribution >= 4 is 31.8 Å². The van der Waals surface area contributed by atoms with Crippen LogP contribution in [-0.4, -0.2) is 21.6 Å². The van der Waals surface area contributed by atoms with Crippen LogP contribution in [0.5, 0.6) is 5.75 Å². The quantitative estimate of drug-likeness (QED) is 0.591. The van der Waals surface area contributed by atoms with E-state index in [1.165, 1.54) is 0 Å². The number of rotatable bonds is 3. The third-order valence-electron chi connectivity index (χ3n) is 3.63. The van der Waals surface area contributed by atoms with Crippen molar-refractivity contribution in [3.63, 3.8) is 0 Å². The lowest BCUT2D eigenvalue weighted by atomic mass is 9.93. The summed E-state index contributed by atoms with van der Waals surface area (Å²) in [6.07, 6.45) is 0.261. The fraction of sp³-hybridized carbons (Fsp3) is 0.176. The van der Waals surface area contributed by atoms with E-state index < -0.39 is 6.10 Å². The molecule has 0 aliphatic rings. The summed E-state index contributed by atoms with van der Waals surface area (Å²) in [4.78, 5) is 0. The maximum Gasteiger partial charge on any atom is 0.134 e. The summed E-state index contributed by atoms with van der Waals surface area (Å²) in [6, 6.07) is 16.3. The second-order valence-electron chi connectivity index (χ2n) is 4.94. The Morgan fingerprint density at radius 1 is 0.950 bits per heavy atom. The molecule has 3 aromatic carbocycles. The van der Waals surface area contributed by atoms with Gasteiger partial charge in [0.1, 0.15) is 5.75 Å². The number of aliphatic hydroxyl groups is 1. The molecule has 0 aliphatic heterocycles. The van der Waals surface area contributed by atoms with Gasteiger partial charge >= 0.3 is 0 Å². The maximum absolute atomic E-state index is 10.2. The first-order valence-electron chi connectivity index (χ1n) is 6.98. The third-order valence-corrected chi connectivity index (χ3v) is 3.92. The van der Waals surface area contributed by atoms with E-state index in [1.54, 1.807) is 0 Å². The normalized spacial score (nSPS) is 12.9. The van der Waals surface area contributed by atoms with Crippen molar-refractivity contribution in [2.24, 2.45) is 0 Å². The summed E-state index contributed by atoms with van der Waals surface area (Å²) in [5.41, 5.74) is 0.983. The van der Waals surface area contributed by atoms with E-state index in [0.717, 1.165) is 49.3 Å². The lowest BCUT2D eigenvalue weighted by Gasteiger charge is -2.18. The molecule has 1 unspecified atom stereocenters. The van der Waals surface area contributed by atoms with E-state index in [4.69, 9.17) is 4.74 Å². The van der Waals surface area contributed by atoms with Crippen LogP contribution in [-0.2, 0) is 0 Å². The summed E-state index contributed by atoms with van der Waals surface area (Å²) in [5, 5.41) is 14.5. The Balaban J connectivity index is 2.54. The van der Waals surface area contributed by atoms with Crippen LogP contribution in [0.3, 0.4) is 0 Å². The summed E-state index contributed by atoms with van der Waals surface area (Å²) < 4.78 is 5.95. The molecule has 2 nitrogen and oxygen atoms in total. The van der Waals surface area contributed by atoms with Gasteiger partial charge in [-0.1, -0.05) is 48.5 Å². The lowest BCUT2D eigenvalue weighted by molar-refractivity contribution is 0.202. The van der Waals surface area contributed by atoms with Crippen LogP contribution >= 0.6 is 0 Å². The van der Waals surface area contributed by atoms with Crippen molar-refractivity contribution in [3.8, 4) is 5.75 Å². The van der Waals surface area contributed by atoms with Crippen molar-refractivity contribution in [3.05, 3.63) is 54.1 Å². The molecule has 3 aromatic rings. The van der Waals surface area contributed by atoms with Crippen molar-refractivity contribution < 1.29 is 9.84 Å². The van der Waals surface area contributed by atoms with E-state index in [-0.39, 0.29) is 0 Å². The molecule has 3 rings (SSSR count).